The van der Waals surface area contributed by atoms with Gasteiger partial charge >= 0.3 is 0 Å². The molecule has 0 N–H and O–H groups in total. The van der Waals surface area contributed by atoms with Gasteiger partial charge in [-0.2, -0.15) is 5.10 Å². The predicted molar refractivity (Wildman–Crippen MR) is 117 cm³/mol. The molecule has 3 aliphatic rings. The lowest BCUT2D eigenvalue weighted by molar-refractivity contribution is -0.123. The molecule has 32 heavy (non-hydrogen) atoms. The van der Waals surface area contributed by atoms with E-state index in [0.717, 1.165) is 4.90 Å². The van der Waals surface area contributed by atoms with E-state index < -0.39 is 29.8 Å². The molecule has 0 aromatic heterocycles. The highest BCUT2D eigenvalue weighted by molar-refractivity contribution is 6.25. The summed E-state index contributed by atoms with van der Waals surface area (Å²) in [6.45, 7) is 0. The predicted octanol–water partition coefficient (Wildman–Crippen LogP) is 2.30. The highest BCUT2D eigenvalue weighted by Gasteiger charge is 2.64. The molecule has 0 saturated carbocycles. The maximum Gasteiger partial charge on any atom is 0.240 e. The van der Waals surface area contributed by atoms with Crippen molar-refractivity contribution < 1.29 is 23.9 Å². The van der Waals surface area contributed by atoms with E-state index in [2.05, 4.69) is 5.10 Å². The van der Waals surface area contributed by atoms with Crippen molar-refractivity contribution in [1.29, 1.82) is 0 Å². The summed E-state index contributed by atoms with van der Waals surface area (Å²) in [6.07, 6.45) is 5.13. The molecule has 0 aliphatic carbocycles. The van der Waals surface area contributed by atoms with E-state index in [1.54, 1.807) is 72.9 Å². The molecule has 4 atom stereocenters. The molecular weight excluding hydrogens is 410 g/mol. The standard InChI is InChI=1S/C24H21N3O5/c1-31-15-11-9-14(10-12-15)22(28)21-20-19(17-7-5-13-25-27(17)21)23(29)26(24(20)30)16-6-3-4-8-18(16)32-2/h3-13,17,19-21H,1-2H3/t17-,19+,20-,21+/m1/s1. The first-order valence-electron chi connectivity index (χ1n) is 10.2. The number of hydrogen-bond donors (Lipinski definition) is 0. The van der Waals surface area contributed by atoms with Gasteiger partial charge in [0.2, 0.25) is 11.8 Å². The Kier molecular flexibility index (Phi) is 4.77. The zero-order valence-corrected chi connectivity index (χ0v) is 17.5. The van der Waals surface area contributed by atoms with Crippen LogP contribution in [0.1, 0.15) is 10.4 Å². The fourth-order valence-electron chi connectivity index (χ4n) is 4.82. The highest BCUT2D eigenvalue weighted by atomic mass is 16.5. The number of methoxy groups -OCH3 is 2. The number of amides is 2. The number of benzene rings is 2. The van der Waals surface area contributed by atoms with E-state index in [1.807, 2.05) is 6.08 Å². The van der Waals surface area contributed by atoms with Crippen LogP contribution in [0.2, 0.25) is 0 Å². The zero-order valence-electron chi connectivity index (χ0n) is 17.5. The van der Waals surface area contributed by atoms with Crippen molar-refractivity contribution >= 4 is 29.5 Å². The molecule has 8 heteroatoms. The number of para-hydroxylation sites is 2. The monoisotopic (exact) mass is 431 g/mol. The zero-order chi connectivity index (χ0) is 22.4. The fourth-order valence-corrected chi connectivity index (χ4v) is 4.82. The minimum Gasteiger partial charge on any atom is -0.497 e. The molecule has 3 aliphatic heterocycles. The van der Waals surface area contributed by atoms with E-state index in [4.69, 9.17) is 9.47 Å². The normalized spacial score (nSPS) is 25.7. The van der Waals surface area contributed by atoms with Crippen LogP contribution < -0.4 is 14.4 Å². The molecule has 162 valence electrons. The second-order valence-electron chi connectivity index (χ2n) is 7.79. The summed E-state index contributed by atoms with van der Waals surface area (Å²) in [5, 5.41) is 5.96. The lowest BCUT2D eigenvalue weighted by Gasteiger charge is -2.30. The Labute approximate surface area is 184 Å². The molecule has 2 amide bonds. The number of nitrogens with zero attached hydrogens (tertiary/aromatic N) is 3. The Hall–Kier alpha value is -3.94. The van der Waals surface area contributed by atoms with Crippen molar-refractivity contribution in [2.45, 2.75) is 12.1 Å². The van der Waals surface area contributed by atoms with Gasteiger partial charge < -0.3 is 9.47 Å². The Morgan fingerprint density at radius 1 is 0.938 bits per heavy atom. The molecular formula is C24H21N3O5. The number of ether oxygens (including phenoxy) is 2. The third-order valence-electron chi connectivity index (χ3n) is 6.26. The van der Waals surface area contributed by atoms with Crippen LogP contribution in [0.3, 0.4) is 0 Å². The fraction of sp³-hybridized carbons (Fsp3) is 0.250. The van der Waals surface area contributed by atoms with E-state index >= 15 is 0 Å². The van der Waals surface area contributed by atoms with Gasteiger partial charge in [0.05, 0.1) is 37.8 Å². The van der Waals surface area contributed by atoms with Crippen LogP contribution in [0.4, 0.5) is 5.69 Å². The van der Waals surface area contributed by atoms with Crippen LogP contribution in [0.5, 0.6) is 11.5 Å². The largest absolute Gasteiger partial charge is 0.497 e. The molecule has 5 rings (SSSR count). The lowest BCUT2D eigenvalue weighted by Crippen LogP contribution is -2.46. The number of allylic oxidation sites excluding steroid dienone is 1. The molecule has 0 spiro atoms. The Balaban J connectivity index is 1.57. The molecule has 2 saturated heterocycles. The van der Waals surface area contributed by atoms with Crippen LogP contribution >= 0.6 is 0 Å². The van der Waals surface area contributed by atoms with Gasteiger partial charge in [0.25, 0.3) is 0 Å². The average Bonchev–Trinajstić information content (AvgIpc) is 3.31. The van der Waals surface area contributed by atoms with E-state index in [-0.39, 0.29) is 11.7 Å². The molecule has 3 heterocycles. The molecule has 2 aromatic carbocycles. The summed E-state index contributed by atoms with van der Waals surface area (Å²) in [4.78, 5) is 41.9. The third kappa shape index (κ3) is 2.83. The van der Waals surface area contributed by atoms with Crippen LogP contribution in [-0.2, 0) is 9.59 Å². The number of hydrazone groups is 1. The summed E-state index contributed by atoms with van der Waals surface area (Å²) >= 11 is 0. The maximum absolute atomic E-state index is 13.6. The maximum atomic E-state index is 13.6. The van der Waals surface area contributed by atoms with Gasteiger partial charge in [-0.3, -0.25) is 19.4 Å². The minimum atomic E-state index is -0.893. The number of hydrogen-bond acceptors (Lipinski definition) is 7. The number of anilines is 1. The van der Waals surface area contributed by atoms with Crippen molar-refractivity contribution in [3.63, 3.8) is 0 Å². The summed E-state index contributed by atoms with van der Waals surface area (Å²) in [6, 6.07) is 12.2. The van der Waals surface area contributed by atoms with Gasteiger partial charge in [0.1, 0.15) is 17.5 Å². The van der Waals surface area contributed by atoms with Crippen molar-refractivity contribution in [3.8, 4) is 11.5 Å². The van der Waals surface area contributed by atoms with Crippen molar-refractivity contribution in [3.05, 3.63) is 66.2 Å². The van der Waals surface area contributed by atoms with Crippen molar-refractivity contribution in [2.24, 2.45) is 16.9 Å². The first kappa shape index (κ1) is 20.0. The number of carbonyl (C=O) groups excluding carboxylic acids is 3. The number of Topliss-reactive ketones (excluding diaryl/α,β-unsaturated/α-hetero) is 1. The Bertz CT molecular complexity index is 1160. The first-order chi connectivity index (χ1) is 15.6. The number of fused-ring (bicyclic) bond motifs is 3. The van der Waals surface area contributed by atoms with Crippen LogP contribution in [0, 0.1) is 11.8 Å². The van der Waals surface area contributed by atoms with Gasteiger partial charge in [-0.1, -0.05) is 18.2 Å². The Morgan fingerprint density at radius 3 is 2.38 bits per heavy atom. The summed E-state index contributed by atoms with van der Waals surface area (Å²) in [7, 11) is 3.04. The van der Waals surface area contributed by atoms with Crippen LogP contribution in [-0.4, -0.2) is 55.1 Å². The smallest absolute Gasteiger partial charge is 0.240 e. The van der Waals surface area contributed by atoms with E-state index in [1.165, 1.54) is 7.11 Å². The minimum absolute atomic E-state index is 0.263. The van der Waals surface area contributed by atoms with Crippen LogP contribution in [0.25, 0.3) is 0 Å². The highest BCUT2D eigenvalue weighted by Crippen LogP contribution is 2.47. The number of imide groups is 1. The van der Waals surface area contributed by atoms with Gasteiger partial charge in [0, 0.05) is 11.8 Å². The first-order valence-corrected chi connectivity index (χ1v) is 10.2. The van der Waals surface area contributed by atoms with Gasteiger partial charge in [-0.05, 0) is 42.5 Å². The van der Waals surface area contributed by atoms with Gasteiger partial charge in [-0.25, -0.2) is 4.90 Å². The van der Waals surface area contributed by atoms with E-state index in [9.17, 15) is 14.4 Å². The summed E-state index contributed by atoms with van der Waals surface area (Å²) in [5.74, 6) is -1.57. The van der Waals surface area contributed by atoms with Gasteiger partial charge in [0.15, 0.2) is 5.78 Å². The third-order valence-corrected chi connectivity index (χ3v) is 6.26. The second kappa shape index (κ2) is 7.64. The molecule has 8 nitrogen and oxygen atoms in total. The number of ketones is 1. The Morgan fingerprint density at radius 2 is 1.66 bits per heavy atom. The molecule has 2 fully saturated rings. The summed E-state index contributed by atoms with van der Waals surface area (Å²) in [5.41, 5.74) is 0.806. The molecule has 0 unspecified atom stereocenters. The topological polar surface area (TPSA) is 88.5 Å². The summed E-state index contributed by atoms with van der Waals surface area (Å²) < 4.78 is 10.5. The molecule has 0 radical (unpaired) electrons. The van der Waals surface area contributed by atoms with Crippen molar-refractivity contribution in [2.75, 3.05) is 19.1 Å². The SMILES string of the molecule is COc1ccc(C(=O)[C@@H]2[C@@H]3C(=O)N(c4ccccc4OC)C(=O)[C@H]3[C@H]3C=CC=NN32)cc1. The number of rotatable bonds is 5. The lowest BCUT2D eigenvalue weighted by atomic mass is 9.86. The molecule has 2 aromatic rings. The number of carbonyl (C=O) groups is 3. The van der Waals surface area contributed by atoms with Gasteiger partial charge in [-0.15, -0.1) is 0 Å². The quantitative estimate of drug-likeness (QED) is 0.533. The average molecular weight is 431 g/mol. The van der Waals surface area contributed by atoms with E-state index in [0.29, 0.717) is 22.7 Å². The van der Waals surface area contributed by atoms with Crippen LogP contribution in [0.15, 0.2) is 65.8 Å². The molecule has 0 bridgehead atoms. The second-order valence-corrected chi connectivity index (χ2v) is 7.79. The van der Waals surface area contributed by atoms with Crippen molar-refractivity contribution in [1.82, 2.24) is 5.01 Å².